The van der Waals surface area contributed by atoms with E-state index in [9.17, 15) is 4.79 Å². The van der Waals surface area contributed by atoms with E-state index in [1.54, 1.807) is 24.3 Å². The van der Waals surface area contributed by atoms with Crippen LogP contribution >= 0.6 is 11.6 Å². The van der Waals surface area contributed by atoms with Gasteiger partial charge in [0.1, 0.15) is 5.75 Å². The van der Waals surface area contributed by atoms with Crippen molar-refractivity contribution in [3.05, 3.63) is 65.2 Å². The van der Waals surface area contributed by atoms with Crippen molar-refractivity contribution in [1.29, 1.82) is 0 Å². The van der Waals surface area contributed by atoms with Gasteiger partial charge in [0, 0.05) is 5.02 Å². The molecule has 0 unspecified atom stereocenters. The highest BCUT2D eigenvalue weighted by Gasteiger charge is 2.45. The summed E-state index contributed by atoms with van der Waals surface area (Å²) in [6.45, 7) is 0. The molecule has 0 N–H and O–H groups in total. The van der Waals surface area contributed by atoms with E-state index in [1.807, 2.05) is 30.3 Å². The second kappa shape index (κ2) is 4.94. The minimum Gasteiger partial charge on any atom is -0.474 e. The Labute approximate surface area is 115 Å². The average Bonchev–Trinajstić information content (AvgIpc) is 2.43. The van der Waals surface area contributed by atoms with Crippen LogP contribution in [-0.2, 0) is 9.53 Å². The molecular weight excluding hydrogens is 264 g/mol. The Hall–Kier alpha value is -2.00. The SMILES string of the molecule is O=C1O[C@@H](c2cccc(Cl)c2)[C@H]1Oc1ccccc1. The summed E-state index contributed by atoms with van der Waals surface area (Å²) in [5.74, 6) is 0.296. The minimum atomic E-state index is -0.610. The molecule has 2 aromatic rings. The van der Waals surface area contributed by atoms with Gasteiger partial charge in [0.15, 0.2) is 6.10 Å². The standard InChI is InChI=1S/C15H11ClO3/c16-11-6-4-5-10(9-11)13-14(15(17)19-13)18-12-7-2-1-3-8-12/h1-9,13-14H/t13-,14+/m0/s1. The van der Waals surface area contributed by atoms with Crippen LogP contribution in [0.5, 0.6) is 5.75 Å². The highest BCUT2D eigenvalue weighted by atomic mass is 35.5. The van der Waals surface area contributed by atoms with E-state index in [2.05, 4.69) is 0 Å². The van der Waals surface area contributed by atoms with Crippen molar-refractivity contribution in [2.75, 3.05) is 0 Å². The van der Waals surface area contributed by atoms with Crippen molar-refractivity contribution < 1.29 is 14.3 Å². The number of carbonyl (C=O) groups is 1. The quantitative estimate of drug-likeness (QED) is 0.805. The smallest absolute Gasteiger partial charge is 0.352 e. The number of benzene rings is 2. The molecule has 0 aliphatic carbocycles. The summed E-state index contributed by atoms with van der Waals surface area (Å²) >= 11 is 5.93. The Kier molecular flexibility index (Phi) is 3.13. The zero-order chi connectivity index (χ0) is 13.2. The second-order valence-electron chi connectivity index (χ2n) is 4.26. The first-order valence-electron chi connectivity index (χ1n) is 5.92. The molecule has 1 aliphatic rings. The Morgan fingerprint density at radius 3 is 2.53 bits per heavy atom. The van der Waals surface area contributed by atoms with Gasteiger partial charge in [-0.15, -0.1) is 0 Å². The van der Waals surface area contributed by atoms with Crippen molar-refractivity contribution >= 4 is 17.6 Å². The lowest BCUT2D eigenvalue weighted by Gasteiger charge is -2.35. The van der Waals surface area contributed by atoms with Gasteiger partial charge >= 0.3 is 5.97 Å². The molecule has 4 heteroatoms. The number of carbonyl (C=O) groups excluding carboxylic acids is 1. The number of hydrogen-bond donors (Lipinski definition) is 0. The maximum Gasteiger partial charge on any atom is 0.352 e. The molecule has 0 spiro atoms. The Morgan fingerprint density at radius 1 is 1.05 bits per heavy atom. The maximum atomic E-state index is 11.5. The normalized spacial score (nSPS) is 21.4. The van der Waals surface area contributed by atoms with Gasteiger partial charge in [-0.2, -0.15) is 0 Å². The zero-order valence-electron chi connectivity index (χ0n) is 9.95. The van der Waals surface area contributed by atoms with Crippen molar-refractivity contribution in [2.24, 2.45) is 0 Å². The van der Waals surface area contributed by atoms with E-state index in [0.29, 0.717) is 10.8 Å². The van der Waals surface area contributed by atoms with E-state index < -0.39 is 12.2 Å². The molecule has 0 aromatic heterocycles. The molecule has 96 valence electrons. The summed E-state index contributed by atoms with van der Waals surface area (Å²) in [6, 6.07) is 16.5. The number of rotatable bonds is 3. The first kappa shape index (κ1) is 12.1. The van der Waals surface area contributed by atoms with E-state index >= 15 is 0 Å². The number of halogens is 1. The molecule has 19 heavy (non-hydrogen) atoms. The number of para-hydroxylation sites is 1. The molecule has 3 nitrogen and oxygen atoms in total. The predicted molar refractivity (Wildman–Crippen MR) is 71.1 cm³/mol. The van der Waals surface area contributed by atoms with Crippen LogP contribution < -0.4 is 4.74 Å². The highest BCUT2D eigenvalue weighted by molar-refractivity contribution is 6.30. The van der Waals surface area contributed by atoms with E-state index in [4.69, 9.17) is 21.1 Å². The van der Waals surface area contributed by atoms with Gasteiger partial charge in [-0.25, -0.2) is 4.79 Å². The van der Waals surface area contributed by atoms with Crippen molar-refractivity contribution in [1.82, 2.24) is 0 Å². The molecule has 3 rings (SSSR count). The third-order valence-corrected chi connectivity index (χ3v) is 3.17. The lowest BCUT2D eigenvalue weighted by atomic mass is 10.00. The lowest BCUT2D eigenvalue weighted by Crippen LogP contribution is -2.47. The third-order valence-electron chi connectivity index (χ3n) is 2.93. The van der Waals surface area contributed by atoms with Gasteiger partial charge in [-0.1, -0.05) is 41.9 Å². The number of cyclic esters (lactones) is 1. The molecule has 0 saturated carbocycles. The number of esters is 1. The molecule has 1 saturated heterocycles. The summed E-state index contributed by atoms with van der Waals surface area (Å²) in [5, 5.41) is 0.610. The maximum absolute atomic E-state index is 11.5. The van der Waals surface area contributed by atoms with E-state index in [-0.39, 0.29) is 5.97 Å². The average molecular weight is 275 g/mol. The third kappa shape index (κ3) is 2.42. The molecule has 0 amide bonds. The Balaban J connectivity index is 1.79. The molecule has 0 bridgehead atoms. The van der Waals surface area contributed by atoms with Crippen LogP contribution in [0.1, 0.15) is 11.7 Å². The Morgan fingerprint density at radius 2 is 1.84 bits per heavy atom. The van der Waals surface area contributed by atoms with Gasteiger partial charge in [0.2, 0.25) is 6.10 Å². The fourth-order valence-electron chi connectivity index (χ4n) is 1.99. The molecule has 1 aliphatic heterocycles. The van der Waals surface area contributed by atoms with Crippen molar-refractivity contribution in [3.63, 3.8) is 0 Å². The van der Waals surface area contributed by atoms with E-state index in [1.165, 1.54) is 0 Å². The van der Waals surface area contributed by atoms with Crippen molar-refractivity contribution in [2.45, 2.75) is 12.2 Å². The fraction of sp³-hybridized carbons (Fsp3) is 0.133. The van der Waals surface area contributed by atoms with E-state index in [0.717, 1.165) is 5.56 Å². The number of hydrogen-bond acceptors (Lipinski definition) is 3. The highest BCUT2D eigenvalue weighted by Crippen LogP contribution is 2.35. The topological polar surface area (TPSA) is 35.5 Å². The largest absolute Gasteiger partial charge is 0.474 e. The van der Waals surface area contributed by atoms with Gasteiger partial charge in [-0.3, -0.25) is 0 Å². The molecule has 0 radical (unpaired) electrons. The summed E-state index contributed by atoms with van der Waals surface area (Å²) in [4.78, 5) is 11.5. The second-order valence-corrected chi connectivity index (χ2v) is 4.70. The van der Waals surface area contributed by atoms with Crippen LogP contribution in [0.4, 0.5) is 0 Å². The fourth-order valence-corrected chi connectivity index (χ4v) is 2.19. The molecule has 1 fully saturated rings. The molecular formula is C15H11ClO3. The van der Waals surface area contributed by atoms with Crippen LogP contribution in [0.3, 0.4) is 0 Å². The molecule has 1 heterocycles. The van der Waals surface area contributed by atoms with Crippen LogP contribution in [-0.4, -0.2) is 12.1 Å². The Bertz CT molecular complexity index is 597. The summed E-state index contributed by atoms with van der Waals surface area (Å²) in [5.41, 5.74) is 0.841. The summed E-state index contributed by atoms with van der Waals surface area (Å²) in [6.07, 6.45) is -1.01. The summed E-state index contributed by atoms with van der Waals surface area (Å²) in [7, 11) is 0. The zero-order valence-corrected chi connectivity index (χ0v) is 10.7. The van der Waals surface area contributed by atoms with Crippen LogP contribution in [0.25, 0.3) is 0 Å². The van der Waals surface area contributed by atoms with Gasteiger partial charge in [0.25, 0.3) is 0 Å². The molecule has 2 atom stereocenters. The van der Waals surface area contributed by atoms with Gasteiger partial charge in [-0.05, 0) is 29.8 Å². The first-order chi connectivity index (χ1) is 9.24. The summed E-state index contributed by atoms with van der Waals surface area (Å²) < 4.78 is 10.8. The number of ether oxygens (including phenoxy) is 2. The van der Waals surface area contributed by atoms with Crippen molar-refractivity contribution in [3.8, 4) is 5.75 Å². The van der Waals surface area contributed by atoms with Crippen LogP contribution in [0.15, 0.2) is 54.6 Å². The first-order valence-corrected chi connectivity index (χ1v) is 6.29. The predicted octanol–water partition coefficient (Wildman–Crippen LogP) is 3.39. The van der Waals surface area contributed by atoms with Crippen LogP contribution in [0.2, 0.25) is 5.02 Å². The van der Waals surface area contributed by atoms with Crippen LogP contribution in [0, 0.1) is 0 Å². The van der Waals surface area contributed by atoms with Gasteiger partial charge < -0.3 is 9.47 Å². The minimum absolute atomic E-state index is 0.353. The molecule has 2 aromatic carbocycles. The van der Waals surface area contributed by atoms with Gasteiger partial charge in [0.05, 0.1) is 0 Å². The monoisotopic (exact) mass is 274 g/mol. The lowest BCUT2D eigenvalue weighted by molar-refractivity contribution is -0.194.